The largest absolute Gasteiger partial charge is 0.465 e. The quantitative estimate of drug-likeness (QED) is 0.422. The van der Waals surface area contributed by atoms with Crippen LogP contribution in [0.4, 0.5) is 11.5 Å². The minimum atomic E-state index is -1.16. The van der Waals surface area contributed by atoms with Gasteiger partial charge in [0.1, 0.15) is 11.5 Å². The molecule has 0 radical (unpaired) electrons. The molecule has 8 heteroatoms. The van der Waals surface area contributed by atoms with Crippen LogP contribution in [-0.2, 0) is 8.92 Å². The molecule has 37 heavy (non-hydrogen) atoms. The van der Waals surface area contributed by atoms with Gasteiger partial charge in [-0.3, -0.25) is 4.79 Å². The van der Waals surface area contributed by atoms with Crippen molar-refractivity contribution in [1.29, 1.82) is 0 Å². The summed E-state index contributed by atoms with van der Waals surface area (Å²) in [7, 11) is 0.195. The van der Waals surface area contributed by atoms with E-state index in [9.17, 15) is 9.59 Å². The zero-order valence-electron chi connectivity index (χ0n) is 23.9. The molecule has 7 nitrogen and oxygen atoms in total. The van der Waals surface area contributed by atoms with E-state index in [2.05, 4.69) is 43.5 Å². The number of amides is 1. The Balaban J connectivity index is 0.00000507. The Labute approximate surface area is 225 Å². The van der Waals surface area contributed by atoms with Crippen molar-refractivity contribution in [2.75, 3.05) is 49.5 Å². The smallest absolute Gasteiger partial charge is 0.337 e. The monoisotopic (exact) mass is 531 g/mol. The van der Waals surface area contributed by atoms with Crippen molar-refractivity contribution in [3.8, 4) is 0 Å². The Morgan fingerprint density at radius 2 is 1.78 bits per heavy atom. The molecule has 1 aromatic carbocycles. The minimum Gasteiger partial charge on any atom is -0.465 e. The first-order chi connectivity index (χ1) is 17.2. The van der Waals surface area contributed by atoms with Crippen molar-refractivity contribution in [1.82, 2.24) is 4.98 Å². The van der Waals surface area contributed by atoms with Crippen molar-refractivity contribution in [2.45, 2.75) is 59.1 Å². The summed E-state index contributed by atoms with van der Waals surface area (Å²) in [6.07, 6.45) is 6.69. The van der Waals surface area contributed by atoms with E-state index >= 15 is 0 Å². The average Bonchev–Trinajstić information content (AvgIpc) is 2.84. The molecule has 1 amide bonds. The van der Waals surface area contributed by atoms with Gasteiger partial charge in [-0.05, 0) is 81.0 Å². The predicted molar refractivity (Wildman–Crippen MR) is 156 cm³/mol. The molecule has 0 saturated carbocycles. The molecule has 1 aliphatic heterocycles. The number of piperidine rings is 1. The third-order valence-electron chi connectivity index (χ3n) is 7.41. The highest BCUT2D eigenvalue weighted by Crippen LogP contribution is 2.54. The molecule has 206 valence electrons. The molecule has 3 rings (SSSR count). The zero-order chi connectivity index (χ0) is 27.5. The summed E-state index contributed by atoms with van der Waals surface area (Å²) >= 11 is 0. The second-order valence-corrected chi connectivity index (χ2v) is 15.3. The predicted octanol–water partition coefficient (Wildman–Crippen LogP) is 6.30. The van der Waals surface area contributed by atoms with Gasteiger partial charge >= 0.3 is 5.97 Å². The Kier molecular flexibility index (Phi) is 8.96. The lowest BCUT2D eigenvalue weighted by Crippen LogP contribution is -2.38. The third-order valence-corrected chi connectivity index (χ3v) is 11.1. The summed E-state index contributed by atoms with van der Waals surface area (Å²) in [6, 6.07) is 7.42. The fourth-order valence-corrected chi connectivity index (χ4v) is 5.23. The van der Waals surface area contributed by atoms with Crippen LogP contribution in [0, 0.1) is 26.7 Å². The van der Waals surface area contributed by atoms with Gasteiger partial charge in [-0.15, -0.1) is 10.3 Å². The van der Waals surface area contributed by atoms with Crippen LogP contribution in [0.15, 0.2) is 24.3 Å². The van der Waals surface area contributed by atoms with E-state index < -0.39 is 16.3 Å². The zero-order valence-corrected chi connectivity index (χ0v) is 24.7. The fraction of sp³-hybridized carbons (Fsp3) is 0.552. The van der Waals surface area contributed by atoms with E-state index in [1.165, 1.54) is 7.11 Å². The molecule has 1 atom stereocenters. The topological polar surface area (TPSA) is 80.8 Å². The van der Waals surface area contributed by atoms with Crippen LogP contribution in [0.1, 0.15) is 72.6 Å². The number of carbonyl (C=O) groups is 2. The summed E-state index contributed by atoms with van der Waals surface area (Å²) in [5.74, 6) is 0.589. The van der Waals surface area contributed by atoms with E-state index in [1.807, 2.05) is 32.9 Å². The van der Waals surface area contributed by atoms with Gasteiger partial charge in [-0.2, -0.15) is 0 Å². The molecular weight excluding hydrogens is 486 g/mol. The number of hydrogen-bond acceptors (Lipinski definition) is 6. The molecular formula is C29H45N3O4S. The Morgan fingerprint density at radius 3 is 2.38 bits per heavy atom. The van der Waals surface area contributed by atoms with Crippen molar-refractivity contribution >= 4 is 33.7 Å². The van der Waals surface area contributed by atoms with E-state index in [0.717, 1.165) is 55.0 Å². The summed E-state index contributed by atoms with van der Waals surface area (Å²) in [6.45, 7) is 14.9. The summed E-state index contributed by atoms with van der Waals surface area (Å²) in [4.78, 5) is 32.3. The number of carbonyl (C=O) groups excluding carboxylic acids is 2. The lowest BCUT2D eigenvalue weighted by Gasteiger charge is -2.45. The van der Waals surface area contributed by atoms with Crippen LogP contribution in [0.3, 0.4) is 0 Å². The number of methoxy groups -OCH3 is 1. The maximum atomic E-state index is 13.3. The first kappa shape index (κ1) is 29.0. The van der Waals surface area contributed by atoms with Crippen LogP contribution in [0.25, 0.3) is 0 Å². The van der Waals surface area contributed by atoms with Gasteiger partial charge in [0, 0.05) is 30.9 Å². The van der Waals surface area contributed by atoms with Crippen molar-refractivity contribution in [3.05, 3.63) is 52.2 Å². The van der Waals surface area contributed by atoms with Crippen LogP contribution in [0.5, 0.6) is 0 Å². The highest BCUT2D eigenvalue weighted by Gasteiger charge is 2.31. The Hall–Kier alpha value is -2.58. The number of anilines is 2. The highest BCUT2D eigenvalue weighted by molar-refractivity contribution is 8.29. The van der Waals surface area contributed by atoms with Gasteiger partial charge in [0.15, 0.2) is 0 Å². The SMILES string of the molecule is COC(=O)c1cc(C)c(NC(=O)c2nc(N3CCCC(COS(C)(C)C(C)(C)C)C3)ccc2C)c(C)c1.[HH]. The molecule has 1 fully saturated rings. The maximum absolute atomic E-state index is 13.3. The average molecular weight is 532 g/mol. The number of nitrogens with zero attached hydrogens (tertiary/aromatic N) is 2. The fourth-order valence-electron chi connectivity index (χ4n) is 4.35. The highest BCUT2D eigenvalue weighted by atomic mass is 32.3. The van der Waals surface area contributed by atoms with Crippen LogP contribution >= 0.6 is 10.3 Å². The van der Waals surface area contributed by atoms with Gasteiger partial charge < -0.3 is 19.1 Å². The number of ether oxygens (including phenoxy) is 1. The van der Waals surface area contributed by atoms with E-state index in [1.54, 1.807) is 12.1 Å². The first-order valence-corrected chi connectivity index (χ1v) is 15.2. The number of aromatic nitrogens is 1. The third kappa shape index (κ3) is 6.85. The second kappa shape index (κ2) is 11.4. The number of aryl methyl sites for hydroxylation is 3. The summed E-state index contributed by atoms with van der Waals surface area (Å²) in [5, 5.41) is 3.02. The second-order valence-electron chi connectivity index (χ2n) is 11.4. The van der Waals surface area contributed by atoms with Gasteiger partial charge in [0.2, 0.25) is 0 Å². The van der Waals surface area contributed by atoms with Crippen LogP contribution < -0.4 is 10.2 Å². The van der Waals surface area contributed by atoms with Crippen molar-refractivity contribution < 1.29 is 19.9 Å². The Morgan fingerprint density at radius 1 is 1.14 bits per heavy atom. The van der Waals surface area contributed by atoms with Crippen LogP contribution in [-0.4, -0.2) is 60.9 Å². The number of rotatable bonds is 7. The number of benzene rings is 1. The normalized spacial score (nSPS) is 16.9. The molecule has 2 heterocycles. The molecule has 2 aromatic rings. The van der Waals surface area contributed by atoms with E-state index in [-0.39, 0.29) is 12.1 Å². The van der Waals surface area contributed by atoms with Gasteiger partial charge in [0.25, 0.3) is 5.91 Å². The minimum absolute atomic E-state index is 0. The summed E-state index contributed by atoms with van der Waals surface area (Å²) in [5.41, 5.74) is 3.95. The molecule has 1 saturated heterocycles. The molecule has 0 aliphatic carbocycles. The number of esters is 1. The molecule has 0 spiro atoms. The molecule has 1 N–H and O–H groups in total. The lowest BCUT2D eigenvalue weighted by molar-refractivity contribution is 0.0600. The number of hydrogen-bond donors (Lipinski definition) is 1. The van der Waals surface area contributed by atoms with Gasteiger partial charge in [-0.1, -0.05) is 26.8 Å². The molecule has 0 bridgehead atoms. The maximum Gasteiger partial charge on any atom is 0.337 e. The molecule has 1 unspecified atom stereocenters. The van der Waals surface area contributed by atoms with Gasteiger partial charge in [-0.25, -0.2) is 9.78 Å². The van der Waals surface area contributed by atoms with Crippen molar-refractivity contribution in [3.63, 3.8) is 0 Å². The van der Waals surface area contributed by atoms with Crippen LogP contribution in [0.2, 0.25) is 0 Å². The standard InChI is InChI=1S/C29H43N3O4S.H2/c1-19-12-13-24(32-14-10-11-22(17-32)18-36-37(8,9)29(4,5)6)30-26(19)27(33)31-25-20(2)15-23(16-21(25)3)28(34)35-7;/h12-13,15-16,22H,10-11,14,17-18H2,1-9H3,(H,31,33);1H. The summed E-state index contributed by atoms with van der Waals surface area (Å²) < 4.78 is 11.4. The molecule has 1 aliphatic rings. The Bertz CT molecular complexity index is 1140. The van der Waals surface area contributed by atoms with Crippen molar-refractivity contribution in [2.24, 2.45) is 5.92 Å². The van der Waals surface area contributed by atoms with E-state index in [4.69, 9.17) is 13.9 Å². The number of nitrogens with one attached hydrogen (secondary N) is 1. The number of pyridine rings is 1. The van der Waals surface area contributed by atoms with E-state index in [0.29, 0.717) is 22.9 Å². The molecule has 1 aromatic heterocycles. The van der Waals surface area contributed by atoms with Gasteiger partial charge in [0.05, 0.1) is 19.3 Å². The lowest BCUT2D eigenvalue weighted by atomic mass is 9.99. The first-order valence-electron chi connectivity index (χ1n) is 12.8.